The molecule has 1 N–H and O–H groups in total. The van der Waals surface area contributed by atoms with Gasteiger partial charge in [-0.15, -0.1) is 0 Å². The van der Waals surface area contributed by atoms with E-state index in [1.807, 2.05) is 13.8 Å². The molecule has 0 amide bonds. The molecule has 0 aliphatic carbocycles. The largest absolute Gasteiger partial charge is 0.307 e. The minimum absolute atomic E-state index is 0.0684. The molecule has 25 heavy (non-hydrogen) atoms. The van der Waals surface area contributed by atoms with Crippen LogP contribution in [0.4, 0.5) is 4.39 Å². The van der Waals surface area contributed by atoms with E-state index in [0.29, 0.717) is 24.0 Å². The van der Waals surface area contributed by atoms with Crippen LogP contribution in [0.25, 0.3) is 0 Å². The van der Waals surface area contributed by atoms with Gasteiger partial charge in [-0.3, -0.25) is 9.78 Å². The van der Waals surface area contributed by atoms with E-state index in [0.717, 1.165) is 6.29 Å². The maximum atomic E-state index is 15.1. The summed E-state index contributed by atoms with van der Waals surface area (Å²) in [5.74, 6) is -1.12. The lowest BCUT2D eigenvalue weighted by Gasteiger charge is -2.23. The molecule has 2 rings (SSSR count). The van der Waals surface area contributed by atoms with Gasteiger partial charge in [-0.05, 0) is 31.5 Å². The molecule has 132 valence electrons. The highest BCUT2D eigenvalue weighted by atomic mass is 35.5. The first-order valence-electron chi connectivity index (χ1n) is 8.11. The molecule has 1 heterocycles. The molecule has 2 atom stereocenters. The molecule has 1 aromatic carbocycles. The molecule has 0 radical (unpaired) electrons. The van der Waals surface area contributed by atoms with Crippen LogP contribution in [0.2, 0.25) is 5.02 Å². The van der Waals surface area contributed by atoms with Gasteiger partial charge < -0.3 is 10.1 Å². The fourth-order valence-electron chi connectivity index (χ4n) is 2.68. The number of carbonyl (C=O) groups is 2. The second-order valence-corrected chi connectivity index (χ2v) is 6.23. The molecule has 0 fully saturated rings. The summed E-state index contributed by atoms with van der Waals surface area (Å²) in [6.07, 6.45) is 4.70. The SMILES string of the molecule is CC[C@@H](N[C@H](C)CC=O)c1ccc(Cl)c(C(=O)c2ccncc2)c1F. The van der Waals surface area contributed by atoms with E-state index in [1.54, 1.807) is 6.07 Å². The summed E-state index contributed by atoms with van der Waals surface area (Å²) in [7, 11) is 0. The van der Waals surface area contributed by atoms with Crippen molar-refractivity contribution in [1.29, 1.82) is 0 Å². The van der Waals surface area contributed by atoms with Gasteiger partial charge in [0.05, 0.1) is 10.6 Å². The summed E-state index contributed by atoms with van der Waals surface area (Å²) in [6, 6.07) is 5.73. The number of carbonyl (C=O) groups excluding carboxylic acids is 2. The van der Waals surface area contributed by atoms with Crippen molar-refractivity contribution < 1.29 is 14.0 Å². The normalized spacial score (nSPS) is 13.3. The van der Waals surface area contributed by atoms with Gasteiger partial charge in [-0.2, -0.15) is 0 Å². The smallest absolute Gasteiger partial charge is 0.197 e. The fourth-order valence-corrected chi connectivity index (χ4v) is 2.91. The van der Waals surface area contributed by atoms with E-state index in [-0.39, 0.29) is 22.7 Å². The van der Waals surface area contributed by atoms with Gasteiger partial charge in [0.25, 0.3) is 0 Å². The average Bonchev–Trinajstić information content (AvgIpc) is 2.61. The van der Waals surface area contributed by atoms with Crippen LogP contribution in [0.5, 0.6) is 0 Å². The van der Waals surface area contributed by atoms with Gasteiger partial charge in [0.15, 0.2) is 5.78 Å². The minimum Gasteiger partial charge on any atom is -0.307 e. The molecule has 1 aromatic heterocycles. The van der Waals surface area contributed by atoms with E-state index < -0.39 is 11.6 Å². The van der Waals surface area contributed by atoms with Gasteiger partial charge in [0.1, 0.15) is 12.1 Å². The number of aldehydes is 1. The first-order chi connectivity index (χ1) is 12.0. The molecular formula is C19H20ClFN2O2. The predicted molar refractivity (Wildman–Crippen MR) is 95.4 cm³/mol. The second-order valence-electron chi connectivity index (χ2n) is 5.82. The topological polar surface area (TPSA) is 59.1 Å². The fraction of sp³-hybridized carbons (Fsp3) is 0.316. The molecule has 0 aliphatic rings. The molecule has 0 saturated carbocycles. The van der Waals surface area contributed by atoms with Crippen LogP contribution in [-0.4, -0.2) is 23.1 Å². The Bertz CT molecular complexity index is 753. The highest BCUT2D eigenvalue weighted by Gasteiger charge is 2.24. The summed E-state index contributed by atoms with van der Waals surface area (Å²) in [6.45, 7) is 3.76. The van der Waals surface area contributed by atoms with E-state index in [9.17, 15) is 9.59 Å². The zero-order valence-electron chi connectivity index (χ0n) is 14.1. The summed E-state index contributed by atoms with van der Waals surface area (Å²) in [5.41, 5.74) is 0.541. The van der Waals surface area contributed by atoms with E-state index in [4.69, 9.17) is 11.6 Å². The Hall–Kier alpha value is -2.11. The zero-order chi connectivity index (χ0) is 18.4. The monoisotopic (exact) mass is 362 g/mol. The molecule has 0 unspecified atom stereocenters. The number of halogens is 2. The lowest BCUT2D eigenvalue weighted by molar-refractivity contribution is -0.108. The van der Waals surface area contributed by atoms with Crippen LogP contribution < -0.4 is 5.32 Å². The molecule has 0 saturated heterocycles. The third kappa shape index (κ3) is 4.50. The van der Waals surface area contributed by atoms with Gasteiger partial charge in [0.2, 0.25) is 0 Å². The highest BCUT2D eigenvalue weighted by Crippen LogP contribution is 2.29. The van der Waals surface area contributed by atoms with Crippen molar-refractivity contribution in [3.05, 3.63) is 64.2 Å². The molecule has 4 nitrogen and oxygen atoms in total. The third-order valence-electron chi connectivity index (χ3n) is 4.01. The van der Waals surface area contributed by atoms with Crippen molar-refractivity contribution in [1.82, 2.24) is 10.3 Å². The van der Waals surface area contributed by atoms with Gasteiger partial charge in [0, 0.05) is 42.0 Å². The summed E-state index contributed by atoms with van der Waals surface area (Å²) in [5, 5.41) is 3.28. The van der Waals surface area contributed by atoms with Crippen molar-refractivity contribution in [2.45, 2.75) is 38.8 Å². The number of hydrogen-bond donors (Lipinski definition) is 1. The van der Waals surface area contributed by atoms with Crippen molar-refractivity contribution in [3.8, 4) is 0 Å². The van der Waals surface area contributed by atoms with E-state index in [2.05, 4.69) is 10.3 Å². The number of hydrogen-bond acceptors (Lipinski definition) is 4. The van der Waals surface area contributed by atoms with Crippen LogP contribution in [0.3, 0.4) is 0 Å². The molecular weight excluding hydrogens is 343 g/mol. The number of nitrogens with zero attached hydrogens (tertiary/aromatic N) is 1. The van der Waals surface area contributed by atoms with Crippen LogP contribution in [0.15, 0.2) is 36.7 Å². The van der Waals surface area contributed by atoms with Crippen molar-refractivity contribution in [2.75, 3.05) is 0 Å². The highest BCUT2D eigenvalue weighted by molar-refractivity contribution is 6.35. The minimum atomic E-state index is -0.632. The Morgan fingerprint density at radius 3 is 2.60 bits per heavy atom. The number of pyridine rings is 1. The molecule has 0 spiro atoms. The number of benzene rings is 1. The molecule has 0 aliphatic heterocycles. The second kappa shape index (κ2) is 8.83. The number of ketones is 1. The average molecular weight is 363 g/mol. The lowest BCUT2D eigenvalue weighted by atomic mass is 9.96. The first-order valence-corrected chi connectivity index (χ1v) is 8.49. The predicted octanol–water partition coefficient (Wildman–Crippen LogP) is 4.12. The quantitative estimate of drug-likeness (QED) is 0.566. The van der Waals surface area contributed by atoms with Crippen LogP contribution in [0.1, 0.15) is 54.2 Å². The number of nitrogens with one attached hydrogen (secondary N) is 1. The summed E-state index contributed by atoms with van der Waals surface area (Å²) in [4.78, 5) is 27.2. The molecule has 2 aromatic rings. The van der Waals surface area contributed by atoms with Crippen LogP contribution >= 0.6 is 11.6 Å². The van der Waals surface area contributed by atoms with E-state index >= 15 is 4.39 Å². The Morgan fingerprint density at radius 1 is 1.32 bits per heavy atom. The maximum absolute atomic E-state index is 15.1. The van der Waals surface area contributed by atoms with E-state index in [1.165, 1.54) is 30.6 Å². The van der Waals surface area contributed by atoms with Gasteiger partial charge in [-0.1, -0.05) is 24.6 Å². The Labute approximate surface area is 151 Å². The summed E-state index contributed by atoms with van der Waals surface area (Å²) >= 11 is 6.11. The zero-order valence-corrected chi connectivity index (χ0v) is 14.9. The van der Waals surface area contributed by atoms with Crippen molar-refractivity contribution in [2.24, 2.45) is 0 Å². The van der Waals surface area contributed by atoms with Crippen LogP contribution in [-0.2, 0) is 4.79 Å². The standard InChI is InChI=1S/C19H20ClFN2O2/c1-3-16(23-12(2)8-11-24)14-4-5-15(20)17(18(14)21)19(25)13-6-9-22-10-7-13/h4-7,9-12,16,23H,3,8H2,1-2H3/t12-,16-/m1/s1. The molecule has 0 bridgehead atoms. The van der Waals surface area contributed by atoms with Gasteiger partial charge in [-0.25, -0.2) is 4.39 Å². The summed E-state index contributed by atoms with van der Waals surface area (Å²) < 4.78 is 15.1. The Kier molecular flexibility index (Phi) is 6.79. The van der Waals surface area contributed by atoms with Crippen molar-refractivity contribution in [3.63, 3.8) is 0 Å². The Balaban J connectivity index is 2.41. The third-order valence-corrected chi connectivity index (χ3v) is 4.32. The number of rotatable bonds is 8. The van der Waals surface area contributed by atoms with Crippen molar-refractivity contribution >= 4 is 23.7 Å². The Morgan fingerprint density at radius 2 is 2.00 bits per heavy atom. The lowest BCUT2D eigenvalue weighted by Crippen LogP contribution is -2.31. The maximum Gasteiger partial charge on any atom is 0.197 e. The molecule has 6 heteroatoms. The van der Waals surface area contributed by atoms with Crippen LogP contribution in [0, 0.1) is 5.82 Å². The number of aromatic nitrogens is 1. The van der Waals surface area contributed by atoms with Gasteiger partial charge >= 0.3 is 0 Å². The first kappa shape index (κ1) is 19.2.